The molecule has 182 valence electrons. The third-order valence-electron chi connectivity index (χ3n) is 4.40. The Balaban J connectivity index is 0.000000601. The van der Waals surface area contributed by atoms with E-state index in [2.05, 4.69) is 54.6 Å². The SMILES string of the molecule is S.S=C1C=CC=C(c2ccc(-c3ccccc3)cc2)C1Oc1ccccc1.[F][Sb-]([F])([F])([F])([F])[F].[H+]. The zero-order valence-corrected chi connectivity index (χ0v) is 21.8. The Morgan fingerprint density at radius 1 is 0.676 bits per heavy atom. The van der Waals surface area contributed by atoms with Crippen molar-refractivity contribution in [3.63, 3.8) is 0 Å². The van der Waals surface area contributed by atoms with Gasteiger partial charge >= 0.3 is 37.8 Å². The molecule has 3 aromatic rings. The van der Waals surface area contributed by atoms with Crippen molar-refractivity contribution >= 4 is 55.6 Å². The summed E-state index contributed by atoms with van der Waals surface area (Å²) in [7, 11) is 0. The number of benzene rings is 3. The van der Waals surface area contributed by atoms with E-state index in [9.17, 15) is 16.9 Å². The smallest absolute Gasteiger partial charge is 1.00 e. The summed E-state index contributed by atoms with van der Waals surface area (Å²) in [5, 5.41) is 0. The van der Waals surface area contributed by atoms with Crippen LogP contribution >= 0.6 is 25.7 Å². The summed E-state index contributed by atoms with van der Waals surface area (Å²) in [6.07, 6.45) is 5.76. The fourth-order valence-corrected chi connectivity index (χ4v) is 3.32. The van der Waals surface area contributed by atoms with Gasteiger partial charge in [-0.2, -0.15) is 13.5 Å². The third-order valence-corrected chi connectivity index (χ3v) is 4.75. The molecule has 0 bridgehead atoms. The van der Waals surface area contributed by atoms with Gasteiger partial charge < -0.3 is 4.74 Å². The van der Waals surface area contributed by atoms with Crippen LogP contribution in [0.4, 0.5) is 16.9 Å². The van der Waals surface area contributed by atoms with Crippen LogP contribution in [0.25, 0.3) is 16.7 Å². The minimum absolute atomic E-state index is 0. The molecule has 1 unspecified atom stereocenters. The van der Waals surface area contributed by atoms with Crippen LogP contribution in [-0.2, 0) is 0 Å². The summed E-state index contributed by atoms with van der Waals surface area (Å²) in [5.41, 5.74) is 4.62. The molecule has 0 fully saturated rings. The van der Waals surface area contributed by atoms with Gasteiger partial charge in [-0.05, 0) is 34.9 Å². The average molecular weight is 625 g/mol. The summed E-state index contributed by atoms with van der Waals surface area (Å²) in [6.45, 7) is 0. The Bertz CT molecular complexity index is 1170. The molecule has 1 aliphatic rings. The van der Waals surface area contributed by atoms with Crippen LogP contribution in [0.1, 0.15) is 6.99 Å². The van der Waals surface area contributed by atoms with Crippen molar-refractivity contribution in [2.45, 2.75) is 6.10 Å². The average Bonchev–Trinajstić information content (AvgIpc) is 2.75. The van der Waals surface area contributed by atoms with E-state index in [0.717, 1.165) is 21.8 Å². The fourth-order valence-electron chi connectivity index (χ4n) is 3.06. The molecule has 1 aliphatic carbocycles. The molecular weight excluding hydrogens is 604 g/mol. The number of para-hydroxylation sites is 1. The van der Waals surface area contributed by atoms with Gasteiger partial charge in [0.2, 0.25) is 0 Å². The topological polar surface area (TPSA) is 9.23 Å². The molecule has 1 atom stereocenters. The molecule has 3 aromatic carbocycles. The predicted octanol–water partition coefficient (Wildman–Crippen LogP) is 8.49. The first-order valence-electron chi connectivity index (χ1n) is 9.62. The van der Waals surface area contributed by atoms with Gasteiger partial charge in [-0.1, -0.05) is 97.2 Å². The van der Waals surface area contributed by atoms with E-state index in [0.29, 0.717) is 0 Å². The molecular formula is C24H21F6OS2Sb. The van der Waals surface area contributed by atoms with Crippen molar-refractivity contribution in [3.05, 3.63) is 109 Å². The molecule has 0 heterocycles. The first kappa shape index (κ1) is 28.0. The molecule has 0 aromatic heterocycles. The molecule has 4 rings (SSSR count). The van der Waals surface area contributed by atoms with Crippen LogP contribution in [0, 0.1) is 0 Å². The second-order valence-corrected chi connectivity index (χ2v) is 13.0. The summed E-state index contributed by atoms with van der Waals surface area (Å²) in [6, 6.07) is 28.8. The molecule has 1 nitrogen and oxygen atoms in total. The van der Waals surface area contributed by atoms with Crippen LogP contribution in [0.15, 0.2) is 103 Å². The maximum atomic E-state index is 9.93. The molecule has 0 aliphatic heterocycles. The van der Waals surface area contributed by atoms with Crippen LogP contribution in [0.2, 0.25) is 0 Å². The molecule has 0 saturated carbocycles. The van der Waals surface area contributed by atoms with Crippen molar-refractivity contribution < 1.29 is 23.0 Å². The Morgan fingerprint density at radius 3 is 1.65 bits per heavy atom. The van der Waals surface area contributed by atoms with Crippen LogP contribution in [0.3, 0.4) is 0 Å². The van der Waals surface area contributed by atoms with Crippen LogP contribution in [0.5, 0.6) is 5.75 Å². The minimum Gasteiger partial charge on any atom is 1.00 e. The number of thiocarbonyl (C=S) groups is 1. The largest absolute Gasteiger partial charge is 1.00 e. The first-order valence-corrected chi connectivity index (χ1v) is 15.8. The van der Waals surface area contributed by atoms with E-state index >= 15 is 0 Å². The van der Waals surface area contributed by atoms with E-state index in [4.69, 9.17) is 17.0 Å². The van der Waals surface area contributed by atoms with E-state index < -0.39 is 19.5 Å². The second kappa shape index (κ2) is 10.2. The van der Waals surface area contributed by atoms with Gasteiger partial charge in [-0.15, -0.1) is 0 Å². The van der Waals surface area contributed by atoms with Gasteiger partial charge in [-0.25, -0.2) is 0 Å². The summed E-state index contributed by atoms with van der Waals surface area (Å²) >= 11 is -5.70. The quantitative estimate of drug-likeness (QED) is 0.164. The van der Waals surface area contributed by atoms with E-state index in [1.807, 2.05) is 48.6 Å². The number of allylic oxidation sites excluding steroid dienone is 2. The van der Waals surface area contributed by atoms with Gasteiger partial charge in [0, 0.05) is 5.57 Å². The molecule has 0 spiro atoms. The maximum Gasteiger partial charge on any atom is 1.00 e. The molecule has 0 radical (unpaired) electrons. The number of ether oxygens (including phenoxy) is 1. The van der Waals surface area contributed by atoms with Gasteiger partial charge in [0.25, 0.3) is 0 Å². The molecule has 0 N–H and O–H groups in total. The number of rotatable bonds is 4. The zero-order valence-electron chi connectivity index (χ0n) is 18.4. The van der Waals surface area contributed by atoms with Crippen LogP contribution < -0.4 is 4.74 Å². The Hall–Kier alpha value is -2.22. The van der Waals surface area contributed by atoms with Gasteiger partial charge in [0.15, 0.2) is 6.10 Å². The van der Waals surface area contributed by atoms with Gasteiger partial charge in [0.05, 0.1) is 4.86 Å². The second-order valence-electron chi connectivity index (χ2n) is 7.10. The van der Waals surface area contributed by atoms with Crippen molar-refractivity contribution in [2.24, 2.45) is 0 Å². The zero-order chi connectivity index (χ0) is 24.2. The first-order chi connectivity index (χ1) is 15.3. The molecule has 10 heteroatoms. The Morgan fingerprint density at radius 2 is 1.12 bits per heavy atom. The maximum absolute atomic E-state index is 11.2. The van der Waals surface area contributed by atoms with Crippen molar-refractivity contribution in [1.29, 1.82) is 0 Å². The number of hydrogen-bond acceptors (Lipinski definition) is 2. The molecule has 34 heavy (non-hydrogen) atoms. The number of hydrogen-bond donors (Lipinski definition) is 0. The van der Waals surface area contributed by atoms with E-state index in [1.165, 1.54) is 11.1 Å². The molecule has 0 amide bonds. The van der Waals surface area contributed by atoms with E-state index in [-0.39, 0.29) is 21.0 Å². The normalized spacial score (nSPS) is 17.2. The van der Waals surface area contributed by atoms with Crippen molar-refractivity contribution in [2.75, 3.05) is 0 Å². The van der Waals surface area contributed by atoms with Gasteiger partial charge in [-0.3, -0.25) is 0 Å². The predicted molar refractivity (Wildman–Crippen MR) is 136 cm³/mol. The van der Waals surface area contributed by atoms with E-state index in [1.54, 1.807) is 0 Å². The summed E-state index contributed by atoms with van der Waals surface area (Å²) in [5.74, 6) is 0.821. The van der Waals surface area contributed by atoms with Gasteiger partial charge in [0.1, 0.15) is 5.75 Å². The Kier molecular flexibility index (Phi) is 8.39. The van der Waals surface area contributed by atoms with Crippen LogP contribution in [-0.4, -0.2) is 30.4 Å². The Labute approximate surface area is 209 Å². The monoisotopic (exact) mass is 624 g/mol. The van der Waals surface area contributed by atoms with Crippen molar-refractivity contribution in [1.82, 2.24) is 0 Å². The van der Waals surface area contributed by atoms with Crippen molar-refractivity contribution in [3.8, 4) is 16.9 Å². The fraction of sp³-hybridized carbons (Fsp3) is 0.0417. The standard InChI is InChI=1S/C24H18OS.6FH.H2S.Sb/c26-23-13-7-12-22(24(23)25-21-10-5-2-6-11-21)20-16-14-19(15-17-20)18-8-3-1-4-9-18;;;;;;;;/h1-17,24H;6*1H;1H2;/q;;;;;;;;+5/p-5. The summed E-state index contributed by atoms with van der Waals surface area (Å²) in [4.78, 5) is 0.790. The third kappa shape index (κ3) is 9.95. The number of halogens is 6. The molecule has 0 saturated heterocycles. The summed E-state index contributed by atoms with van der Waals surface area (Å²) < 4.78 is 65.7. The minimum atomic E-state index is -11.2.